The molecule has 3 heterocycles. The molecule has 0 radical (unpaired) electrons. The van der Waals surface area contributed by atoms with Gasteiger partial charge in [0.2, 0.25) is 0 Å². The summed E-state index contributed by atoms with van der Waals surface area (Å²) in [6.07, 6.45) is 0.425. The summed E-state index contributed by atoms with van der Waals surface area (Å²) in [6, 6.07) is 0. The highest BCUT2D eigenvalue weighted by Gasteiger charge is 2.04. The van der Waals surface area contributed by atoms with Crippen molar-refractivity contribution in [2.75, 3.05) is 72.2 Å². The van der Waals surface area contributed by atoms with E-state index in [0.29, 0.717) is 6.10 Å². The molecule has 19 heavy (non-hydrogen) atoms. The topological polar surface area (TPSA) is 66.6 Å². The molecular weight excluding hydrogens is 244 g/mol. The fourth-order valence-corrected chi connectivity index (χ4v) is 1.82. The lowest BCUT2D eigenvalue weighted by Crippen LogP contribution is -2.39. The van der Waals surface area contributed by atoms with Crippen molar-refractivity contribution in [2.45, 2.75) is 13.0 Å². The van der Waals surface area contributed by atoms with Gasteiger partial charge in [-0.3, -0.25) is 0 Å². The minimum atomic E-state index is 0.425. The molecule has 1 atom stereocenters. The number of morpholine rings is 2. The predicted molar refractivity (Wildman–Crippen MR) is 77.7 cm³/mol. The van der Waals surface area contributed by atoms with Crippen molar-refractivity contribution >= 4 is 0 Å². The second kappa shape index (κ2) is 12.8. The van der Waals surface area contributed by atoms with E-state index in [-0.39, 0.29) is 0 Å². The zero-order valence-corrected chi connectivity index (χ0v) is 12.2. The summed E-state index contributed by atoms with van der Waals surface area (Å²) in [7, 11) is 0. The molecule has 0 bridgehead atoms. The second-order valence-electron chi connectivity index (χ2n) is 4.75. The van der Waals surface area contributed by atoms with Crippen LogP contribution in [0, 0.1) is 0 Å². The number of hydrogen-bond donors (Lipinski definition) is 4. The van der Waals surface area contributed by atoms with Gasteiger partial charge in [0.15, 0.2) is 0 Å². The summed E-state index contributed by atoms with van der Waals surface area (Å²) >= 11 is 0. The van der Waals surface area contributed by atoms with E-state index in [0.717, 1.165) is 72.2 Å². The van der Waals surface area contributed by atoms with E-state index in [1.165, 1.54) is 0 Å². The molecule has 1 unspecified atom stereocenters. The van der Waals surface area contributed by atoms with Gasteiger partial charge in [0.05, 0.1) is 25.9 Å². The molecule has 6 nitrogen and oxygen atoms in total. The van der Waals surface area contributed by atoms with Gasteiger partial charge in [0.1, 0.15) is 0 Å². The molecule has 0 aromatic heterocycles. The molecule has 4 N–H and O–H groups in total. The van der Waals surface area contributed by atoms with E-state index < -0.39 is 0 Å². The van der Waals surface area contributed by atoms with Crippen LogP contribution < -0.4 is 21.3 Å². The van der Waals surface area contributed by atoms with Gasteiger partial charge >= 0.3 is 0 Å². The summed E-state index contributed by atoms with van der Waals surface area (Å²) < 4.78 is 10.2. The van der Waals surface area contributed by atoms with Crippen molar-refractivity contribution in [2.24, 2.45) is 0 Å². The van der Waals surface area contributed by atoms with Gasteiger partial charge in [0.25, 0.3) is 0 Å². The zero-order chi connectivity index (χ0) is 13.6. The normalized spacial score (nSPS) is 27.3. The Labute approximate surface area is 117 Å². The van der Waals surface area contributed by atoms with Crippen molar-refractivity contribution in [3.05, 3.63) is 0 Å². The molecule has 6 heteroatoms. The highest BCUT2D eigenvalue weighted by Crippen LogP contribution is 1.91. The van der Waals surface area contributed by atoms with Crippen molar-refractivity contribution < 1.29 is 9.47 Å². The minimum Gasteiger partial charge on any atom is -0.379 e. The van der Waals surface area contributed by atoms with E-state index >= 15 is 0 Å². The first-order valence-corrected chi connectivity index (χ1v) is 7.42. The van der Waals surface area contributed by atoms with Crippen molar-refractivity contribution in [1.29, 1.82) is 0 Å². The molecular formula is C13H30N4O2. The number of rotatable bonds is 0. The van der Waals surface area contributed by atoms with Gasteiger partial charge in [-0.05, 0) is 6.92 Å². The van der Waals surface area contributed by atoms with Crippen LogP contribution in [0.2, 0.25) is 0 Å². The molecule has 0 aromatic carbocycles. The molecule has 0 aromatic rings. The summed E-state index contributed by atoms with van der Waals surface area (Å²) in [5.74, 6) is 0. The van der Waals surface area contributed by atoms with E-state index in [4.69, 9.17) is 9.47 Å². The van der Waals surface area contributed by atoms with Crippen LogP contribution in [0.25, 0.3) is 0 Å². The molecule has 3 aliphatic rings. The highest BCUT2D eigenvalue weighted by molar-refractivity contribution is 4.60. The Morgan fingerprint density at radius 3 is 1.42 bits per heavy atom. The molecule has 3 saturated heterocycles. The smallest absolute Gasteiger partial charge is 0.0672 e. The lowest BCUT2D eigenvalue weighted by atomic mass is 10.3. The Balaban J connectivity index is 0.000000143. The van der Waals surface area contributed by atoms with Crippen LogP contribution in [-0.2, 0) is 9.47 Å². The molecule has 0 aliphatic carbocycles. The second-order valence-corrected chi connectivity index (χ2v) is 4.75. The van der Waals surface area contributed by atoms with E-state index in [1.54, 1.807) is 0 Å². The van der Waals surface area contributed by atoms with Crippen LogP contribution in [0.1, 0.15) is 6.92 Å². The van der Waals surface area contributed by atoms with Crippen molar-refractivity contribution in [1.82, 2.24) is 21.3 Å². The summed E-state index contributed by atoms with van der Waals surface area (Å²) in [6.45, 7) is 13.4. The van der Waals surface area contributed by atoms with Crippen LogP contribution >= 0.6 is 0 Å². The third kappa shape index (κ3) is 11.3. The maximum Gasteiger partial charge on any atom is 0.0672 e. The first kappa shape index (κ1) is 16.8. The molecule has 3 fully saturated rings. The van der Waals surface area contributed by atoms with Crippen molar-refractivity contribution in [3.8, 4) is 0 Å². The molecule has 3 rings (SSSR count). The summed E-state index contributed by atoms with van der Waals surface area (Å²) in [4.78, 5) is 0. The maximum absolute atomic E-state index is 5.22. The van der Waals surface area contributed by atoms with Gasteiger partial charge < -0.3 is 30.7 Å². The zero-order valence-electron chi connectivity index (χ0n) is 12.2. The standard InChI is InChI=1S/C5H11NO.C4H10N2.C4H9NO/c1-5-4-6-2-3-7-5;1-2-6-4-3-5-1;1-3-6-4-2-5-1/h5-6H,2-4H2,1H3;5-6H,1-4H2;5H,1-4H2. The molecule has 0 saturated carbocycles. The number of piperazine rings is 1. The van der Waals surface area contributed by atoms with Gasteiger partial charge in [-0.25, -0.2) is 0 Å². The predicted octanol–water partition coefficient (Wildman–Crippen LogP) is -1.22. The van der Waals surface area contributed by atoms with Crippen LogP contribution in [0.3, 0.4) is 0 Å². The Bertz CT molecular complexity index is 146. The fourth-order valence-electron chi connectivity index (χ4n) is 1.82. The van der Waals surface area contributed by atoms with Gasteiger partial charge in [-0.1, -0.05) is 0 Å². The Morgan fingerprint density at radius 2 is 1.21 bits per heavy atom. The Hall–Kier alpha value is -0.240. The quantitative estimate of drug-likeness (QED) is 0.444. The number of hydrogen-bond acceptors (Lipinski definition) is 6. The molecule has 114 valence electrons. The first-order valence-electron chi connectivity index (χ1n) is 7.42. The SMILES string of the molecule is C1CNCCN1.C1COCCN1.CC1CNCCO1. The van der Waals surface area contributed by atoms with Crippen LogP contribution in [0.15, 0.2) is 0 Å². The Kier molecular flexibility index (Phi) is 11.3. The van der Waals surface area contributed by atoms with E-state index in [1.807, 2.05) is 0 Å². The number of ether oxygens (including phenoxy) is 2. The maximum atomic E-state index is 5.22. The summed E-state index contributed by atoms with van der Waals surface area (Å²) in [5, 5.41) is 12.8. The van der Waals surface area contributed by atoms with Crippen molar-refractivity contribution in [3.63, 3.8) is 0 Å². The number of nitrogens with one attached hydrogen (secondary N) is 4. The highest BCUT2D eigenvalue weighted by atomic mass is 16.5. The molecule has 3 aliphatic heterocycles. The van der Waals surface area contributed by atoms with E-state index in [2.05, 4.69) is 28.2 Å². The average molecular weight is 274 g/mol. The van der Waals surface area contributed by atoms with Gasteiger partial charge in [-0.2, -0.15) is 0 Å². The third-order valence-corrected chi connectivity index (χ3v) is 2.92. The van der Waals surface area contributed by atoms with Crippen LogP contribution in [-0.4, -0.2) is 78.3 Å². The Morgan fingerprint density at radius 1 is 0.684 bits per heavy atom. The summed E-state index contributed by atoms with van der Waals surface area (Å²) in [5.41, 5.74) is 0. The largest absolute Gasteiger partial charge is 0.379 e. The monoisotopic (exact) mass is 274 g/mol. The third-order valence-electron chi connectivity index (χ3n) is 2.92. The molecule has 0 amide bonds. The average Bonchev–Trinajstić information content (AvgIpc) is 2.53. The van der Waals surface area contributed by atoms with Gasteiger partial charge in [0, 0.05) is 52.4 Å². The lowest BCUT2D eigenvalue weighted by molar-refractivity contribution is 0.0410. The van der Waals surface area contributed by atoms with Gasteiger partial charge in [-0.15, -0.1) is 0 Å². The fraction of sp³-hybridized carbons (Fsp3) is 1.00. The minimum absolute atomic E-state index is 0.425. The first-order chi connectivity index (χ1) is 9.39. The molecule has 0 spiro atoms. The lowest BCUT2D eigenvalue weighted by Gasteiger charge is -2.18. The van der Waals surface area contributed by atoms with Crippen LogP contribution in [0.5, 0.6) is 0 Å². The van der Waals surface area contributed by atoms with E-state index in [9.17, 15) is 0 Å². The van der Waals surface area contributed by atoms with Crippen LogP contribution in [0.4, 0.5) is 0 Å².